The molecule has 0 saturated heterocycles. The van der Waals surface area contributed by atoms with E-state index in [2.05, 4.69) is 5.10 Å². The SMILES string of the molecule is C/C(=N/NC(N)=O)c1cc(F)c(Cl)cc1Cl. The van der Waals surface area contributed by atoms with E-state index in [0.29, 0.717) is 11.3 Å². The predicted molar refractivity (Wildman–Crippen MR) is 61.4 cm³/mol. The van der Waals surface area contributed by atoms with E-state index in [1.165, 1.54) is 6.07 Å². The molecular formula is C9H8Cl2FN3O. The normalized spacial score (nSPS) is 11.4. The van der Waals surface area contributed by atoms with Gasteiger partial charge >= 0.3 is 6.03 Å². The van der Waals surface area contributed by atoms with Gasteiger partial charge in [-0.05, 0) is 19.1 Å². The number of hydrazone groups is 1. The number of amides is 2. The molecule has 0 heterocycles. The summed E-state index contributed by atoms with van der Waals surface area (Å²) in [6, 6.07) is 1.58. The fraction of sp³-hybridized carbons (Fsp3) is 0.111. The Morgan fingerprint density at radius 1 is 1.44 bits per heavy atom. The van der Waals surface area contributed by atoms with Gasteiger partial charge in [-0.3, -0.25) is 0 Å². The van der Waals surface area contributed by atoms with Gasteiger partial charge in [0.05, 0.1) is 15.8 Å². The average Bonchev–Trinajstić information content (AvgIpc) is 2.20. The van der Waals surface area contributed by atoms with Gasteiger partial charge in [-0.2, -0.15) is 5.10 Å². The number of carbonyl (C=O) groups excluding carboxylic acids is 1. The van der Waals surface area contributed by atoms with E-state index in [4.69, 9.17) is 28.9 Å². The Hall–Kier alpha value is -1.33. The summed E-state index contributed by atoms with van der Waals surface area (Å²) in [6.07, 6.45) is 0. The summed E-state index contributed by atoms with van der Waals surface area (Å²) in [7, 11) is 0. The minimum Gasteiger partial charge on any atom is -0.350 e. The standard InChI is InChI=1S/C9H8Cl2FN3O/c1-4(14-15-9(13)16)5-2-8(12)7(11)3-6(5)10/h2-3H,1H3,(H3,13,15,16)/b14-4-. The summed E-state index contributed by atoms with van der Waals surface area (Å²) >= 11 is 11.4. The third-order valence-corrected chi connectivity index (χ3v) is 2.34. The molecule has 0 aliphatic carbocycles. The van der Waals surface area contributed by atoms with Gasteiger partial charge < -0.3 is 5.73 Å². The molecule has 16 heavy (non-hydrogen) atoms. The van der Waals surface area contributed by atoms with Crippen LogP contribution in [0, 0.1) is 5.82 Å². The van der Waals surface area contributed by atoms with E-state index >= 15 is 0 Å². The smallest absolute Gasteiger partial charge is 0.332 e. The number of urea groups is 1. The van der Waals surface area contributed by atoms with Crippen molar-refractivity contribution in [2.75, 3.05) is 0 Å². The third-order valence-electron chi connectivity index (χ3n) is 1.73. The molecule has 0 atom stereocenters. The molecule has 0 spiro atoms. The second-order valence-electron chi connectivity index (χ2n) is 2.92. The Bertz CT molecular complexity index is 462. The topological polar surface area (TPSA) is 67.5 Å². The van der Waals surface area contributed by atoms with Crippen LogP contribution in [0.15, 0.2) is 17.2 Å². The number of nitrogens with one attached hydrogen (secondary N) is 1. The van der Waals surface area contributed by atoms with E-state index in [1.54, 1.807) is 6.92 Å². The highest BCUT2D eigenvalue weighted by molar-refractivity contribution is 6.37. The molecule has 2 amide bonds. The average molecular weight is 264 g/mol. The van der Waals surface area contributed by atoms with Crippen molar-refractivity contribution in [1.82, 2.24) is 5.43 Å². The monoisotopic (exact) mass is 263 g/mol. The second kappa shape index (κ2) is 5.14. The lowest BCUT2D eigenvalue weighted by Crippen LogP contribution is -2.25. The van der Waals surface area contributed by atoms with Crippen molar-refractivity contribution in [1.29, 1.82) is 0 Å². The van der Waals surface area contributed by atoms with Gasteiger partial charge in [-0.25, -0.2) is 14.6 Å². The second-order valence-corrected chi connectivity index (χ2v) is 3.73. The number of primary amides is 1. The van der Waals surface area contributed by atoms with Gasteiger partial charge in [0.25, 0.3) is 0 Å². The Balaban J connectivity index is 3.08. The first-order valence-corrected chi connectivity index (χ1v) is 4.92. The fourth-order valence-corrected chi connectivity index (χ4v) is 1.52. The molecule has 0 fully saturated rings. The number of rotatable bonds is 2. The highest BCUT2D eigenvalue weighted by atomic mass is 35.5. The summed E-state index contributed by atoms with van der Waals surface area (Å²) in [5, 5.41) is 3.78. The highest BCUT2D eigenvalue weighted by Crippen LogP contribution is 2.24. The largest absolute Gasteiger partial charge is 0.350 e. The molecule has 1 aromatic rings. The van der Waals surface area contributed by atoms with Crippen LogP contribution in [0.2, 0.25) is 10.0 Å². The minimum absolute atomic E-state index is 0.0792. The number of hydrogen-bond acceptors (Lipinski definition) is 2. The number of nitrogens with zero attached hydrogens (tertiary/aromatic N) is 1. The quantitative estimate of drug-likeness (QED) is 0.481. The molecule has 0 radical (unpaired) electrons. The maximum Gasteiger partial charge on any atom is 0.332 e. The summed E-state index contributed by atoms with van der Waals surface area (Å²) in [5.41, 5.74) is 7.49. The number of benzene rings is 1. The molecule has 7 heteroatoms. The van der Waals surface area contributed by atoms with Crippen molar-refractivity contribution in [2.45, 2.75) is 6.92 Å². The van der Waals surface area contributed by atoms with Crippen molar-refractivity contribution in [3.05, 3.63) is 33.6 Å². The lowest BCUT2D eigenvalue weighted by atomic mass is 10.1. The van der Waals surface area contributed by atoms with Gasteiger partial charge in [-0.15, -0.1) is 0 Å². The van der Waals surface area contributed by atoms with E-state index in [0.717, 1.165) is 6.07 Å². The van der Waals surface area contributed by atoms with Crippen LogP contribution in [0.5, 0.6) is 0 Å². The molecule has 0 unspecified atom stereocenters. The van der Waals surface area contributed by atoms with Crippen molar-refractivity contribution >= 4 is 34.9 Å². The van der Waals surface area contributed by atoms with Gasteiger partial charge in [0.2, 0.25) is 0 Å². The summed E-state index contributed by atoms with van der Waals surface area (Å²) in [4.78, 5) is 10.4. The fourth-order valence-electron chi connectivity index (χ4n) is 0.999. The predicted octanol–water partition coefficient (Wildman–Crippen LogP) is 2.52. The van der Waals surface area contributed by atoms with Crippen LogP contribution in [0.3, 0.4) is 0 Å². The number of halogens is 3. The van der Waals surface area contributed by atoms with Crippen LogP contribution in [0.25, 0.3) is 0 Å². The van der Waals surface area contributed by atoms with Crippen LogP contribution in [-0.2, 0) is 0 Å². The maximum absolute atomic E-state index is 13.2. The van der Waals surface area contributed by atoms with Gasteiger partial charge in [0.1, 0.15) is 5.82 Å². The molecule has 0 saturated carbocycles. The lowest BCUT2D eigenvalue weighted by Gasteiger charge is -2.05. The van der Waals surface area contributed by atoms with Gasteiger partial charge in [0.15, 0.2) is 0 Å². The summed E-state index contributed by atoms with van der Waals surface area (Å²) in [6.45, 7) is 1.55. The molecule has 0 aromatic heterocycles. The van der Waals surface area contributed by atoms with Gasteiger partial charge in [0, 0.05) is 5.56 Å². The van der Waals surface area contributed by atoms with E-state index in [1.807, 2.05) is 5.43 Å². The van der Waals surface area contributed by atoms with Crippen LogP contribution in [0.4, 0.5) is 9.18 Å². The van der Waals surface area contributed by atoms with Crippen molar-refractivity contribution in [3.63, 3.8) is 0 Å². The maximum atomic E-state index is 13.2. The van der Waals surface area contributed by atoms with Crippen LogP contribution < -0.4 is 11.2 Å². The Kier molecular flexibility index (Phi) is 4.09. The Labute approximate surface area is 101 Å². The third kappa shape index (κ3) is 3.08. The first-order valence-electron chi connectivity index (χ1n) is 4.16. The Morgan fingerprint density at radius 2 is 2.06 bits per heavy atom. The molecule has 4 nitrogen and oxygen atoms in total. The zero-order valence-corrected chi connectivity index (χ0v) is 9.73. The van der Waals surface area contributed by atoms with E-state index < -0.39 is 11.8 Å². The van der Waals surface area contributed by atoms with E-state index in [-0.39, 0.29) is 10.0 Å². The van der Waals surface area contributed by atoms with Crippen LogP contribution >= 0.6 is 23.2 Å². The van der Waals surface area contributed by atoms with E-state index in [9.17, 15) is 9.18 Å². The highest BCUT2D eigenvalue weighted by Gasteiger charge is 2.09. The zero-order chi connectivity index (χ0) is 12.3. The number of carbonyl (C=O) groups is 1. The number of nitrogens with two attached hydrogens (primary N) is 1. The van der Waals surface area contributed by atoms with Gasteiger partial charge in [-0.1, -0.05) is 23.2 Å². The molecule has 0 aliphatic heterocycles. The molecule has 86 valence electrons. The molecular weight excluding hydrogens is 256 g/mol. The van der Waals surface area contributed by atoms with Crippen molar-refractivity contribution < 1.29 is 9.18 Å². The van der Waals surface area contributed by atoms with Crippen molar-refractivity contribution in [2.24, 2.45) is 10.8 Å². The van der Waals surface area contributed by atoms with Crippen LogP contribution in [-0.4, -0.2) is 11.7 Å². The first kappa shape index (κ1) is 12.7. The molecule has 1 aromatic carbocycles. The summed E-state index contributed by atoms with van der Waals surface area (Å²) in [5.74, 6) is -0.616. The zero-order valence-electron chi connectivity index (χ0n) is 8.22. The molecule has 1 rings (SSSR count). The molecule has 0 aliphatic rings. The minimum atomic E-state index is -0.815. The molecule has 3 N–H and O–H groups in total. The first-order chi connectivity index (χ1) is 7.41. The summed E-state index contributed by atoms with van der Waals surface area (Å²) < 4.78 is 13.2. The number of hydrogen-bond donors (Lipinski definition) is 2. The molecule has 0 bridgehead atoms. The van der Waals surface area contributed by atoms with Crippen molar-refractivity contribution in [3.8, 4) is 0 Å². The van der Waals surface area contributed by atoms with Crippen LogP contribution in [0.1, 0.15) is 12.5 Å². The lowest BCUT2D eigenvalue weighted by molar-refractivity contribution is 0.249. The Morgan fingerprint density at radius 3 is 2.62 bits per heavy atom.